The quantitative estimate of drug-likeness (QED) is 0.696. The lowest BCUT2D eigenvalue weighted by molar-refractivity contribution is 0.0702. The van der Waals surface area contributed by atoms with E-state index in [1.54, 1.807) is 15.6 Å². The summed E-state index contributed by atoms with van der Waals surface area (Å²) in [4.78, 5) is 25.3. The molecule has 2 aromatic heterocycles. The third-order valence-electron chi connectivity index (χ3n) is 5.54. The third-order valence-corrected chi connectivity index (χ3v) is 5.54. The molecule has 1 aliphatic heterocycles. The molecule has 0 N–H and O–H groups in total. The maximum absolute atomic E-state index is 13.7. The molecule has 28 heavy (non-hydrogen) atoms. The van der Waals surface area contributed by atoms with Crippen molar-refractivity contribution in [2.75, 3.05) is 25.0 Å². The minimum Gasteiger partial charge on any atom is -0.356 e. The highest BCUT2D eigenvalue weighted by atomic mass is 19.1. The molecule has 0 aliphatic carbocycles. The van der Waals surface area contributed by atoms with Gasteiger partial charge in [-0.1, -0.05) is 0 Å². The van der Waals surface area contributed by atoms with Gasteiger partial charge in [-0.15, -0.1) is 0 Å². The number of hydrogen-bond acceptors (Lipinski definition) is 5. The molecule has 1 aliphatic rings. The van der Waals surface area contributed by atoms with Crippen molar-refractivity contribution in [3.05, 3.63) is 47.8 Å². The minimum atomic E-state index is -0.297. The Morgan fingerprint density at radius 2 is 1.96 bits per heavy atom. The van der Waals surface area contributed by atoms with Crippen LogP contribution in [-0.2, 0) is 7.05 Å². The summed E-state index contributed by atoms with van der Waals surface area (Å²) in [7, 11) is 3.67. The first kappa shape index (κ1) is 18.3. The summed E-state index contributed by atoms with van der Waals surface area (Å²) in [5, 5.41) is 5.01. The number of benzene rings is 1. The van der Waals surface area contributed by atoms with Crippen LogP contribution in [-0.4, -0.2) is 56.7 Å². The van der Waals surface area contributed by atoms with Crippen LogP contribution in [0.1, 0.15) is 29.0 Å². The Morgan fingerprint density at radius 3 is 2.64 bits per heavy atom. The zero-order valence-electron chi connectivity index (χ0n) is 16.3. The van der Waals surface area contributed by atoms with Gasteiger partial charge in [0, 0.05) is 44.3 Å². The van der Waals surface area contributed by atoms with E-state index in [2.05, 4.69) is 20.0 Å². The van der Waals surface area contributed by atoms with Gasteiger partial charge in [0.2, 0.25) is 0 Å². The SMILES string of the molecule is Cc1cc(C(=O)N(C)C2CCN(c3ncnc4ccc(F)cc34)CC2)nn1C. The fourth-order valence-corrected chi connectivity index (χ4v) is 3.74. The molecule has 8 heteroatoms. The van der Waals surface area contributed by atoms with Gasteiger partial charge >= 0.3 is 0 Å². The minimum absolute atomic E-state index is 0.0586. The predicted molar refractivity (Wildman–Crippen MR) is 105 cm³/mol. The maximum Gasteiger partial charge on any atom is 0.274 e. The number of piperidine rings is 1. The molecular weight excluding hydrogens is 359 g/mol. The molecule has 0 saturated carbocycles. The average molecular weight is 382 g/mol. The maximum atomic E-state index is 13.7. The van der Waals surface area contributed by atoms with Gasteiger partial charge < -0.3 is 9.80 Å². The van der Waals surface area contributed by atoms with Crippen molar-refractivity contribution in [3.63, 3.8) is 0 Å². The lowest BCUT2D eigenvalue weighted by Crippen LogP contribution is -2.46. The van der Waals surface area contributed by atoms with E-state index in [1.807, 2.05) is 27.1 Å². The Morgan fingerprint density at radius 1 is 1.21 bits per heavy atom. The zero-order valence-corrected chi connectivity index (χ0v) is 16.3. The van der Waals surface area contributed by atoms with Crippen molar-refractivity contribution in [1.29, 1.82) is 0 Å². The number of rotatable bonds is 3. The molecule has 7 nitrogen and oxygen atoms in total. The molecule has 3 aromatic rings. The first-order valence-corrected chi connectivity index (χ1v) is 9.37. The highest BCUT2D eigenvalue weighted by molar-refractivity contribution is 5.92. The van der Waals surface area contributed by atoms with Gasteiger partial charge in [0.25, 0.3) is 5.91 Å². The second kappa shape index (κ2) is 7.18. The van der Waals surface area contributed by atoms with Crippen molar-refractivity contribution >= 4 is 22.6 Å². The van der Waals surface area contributed by atoms with Crippen LogP contribution in [0.15, 0.2) is 30.6 Å². The van der Waals surface area contributed by atoms with E-state index < -0.39 is 0 Å². The highest BCUT2D eigenvalue weighted by Crippen LogP contribution is 2.27. The van der Waals surface area contributed by atoms with Crippen LogP contribution in [0.25, 0.3) is 10.9 Å². The fraction of sp³-hybridized carbons (Fsp3) is 0.400. The average Bonchev–Trinajstić information content (AvgIpc) is 3.05. The number of amides is 1. The van der Waals surface area contributed by atoms with Crippen LogP contribution >= 0.6 is 0 Å². The number of carbonyl (C=O) groups excluding carboxylic acids is 1. The van der Waals surface area contributed by atoms with Gasteiger partial charge in [-0.05, 0) is 44.0 Å². The van der Waals surface area contributed by atoms with Crippen molar-refractivity contribution in [1.82, 2.24) is 24.6 Å². The van der Waals surface area contributed by atoms with Crippen LogP contribution in [0.2, 0.25) is 0 Å². The smallest absolute Gasteiger partial charge is 0.274 e. The number of halogens is 1. The highest BCUT2D eigenvalue weighted by Gasteiger charge is 2.28. The number of aromatic nitrogens is 4. The lowest BCUT2D eigenvalue weighted by Gasteiger charge is -2.37. The van der Waals surface area contributed by atoms with E-state index in [1.165, 1.54) is 18.5 Å². The van der Waals surface area contributed by atoms with Gasteiger partial charge in [-0.3, -0.25) is 9.48 Å². The number of nitrogens with zero attached hydrogens (tertiary/aromatic N) is 6. The van der Waals surface area contributed by atoms with Crippen molar-refractivity contribution in [2.24, 2.45) is 7.05 Å². The second-order valence-electron chi connectivity index (χ2n) is 7.29. The standard InChI is InChI=1S/C20H23FN6O/c1-13-10-18(24-26(13)3)20(28)25(2)15-6-8-27(9-7-15)19-16-11-14(21)4-5-17(16)22-12-23-19/h4-5,10-12,15H,6-9H2,1-3H3. The van der Waals surface area contributed by atoms with Crippen molar-refractivity contribution in [2.45, 2.75) is 25.8 Å². The Bertz CT molecular complexity index is 1010. The van der Waals surface area contributed by atoms with Gasteiger partial charge in [-0.2, -0.15) is 5.10 Å². The topological polar surface area (TPSA) is 67.2 Å². The predicted octanol–water partition coefficient (Wildman–Crippen LogP) is 2.55. The molecule has 3 heterocycles. The molecule has 1 fully saturated rings. The van der Waals surface area contributed by atoms with Gasteiger partial charge in [0.1, 0.15) is 18.0 Å². The van der Waals surface area contributed by atoms with Gasteiger partial charge in [0.15, 0.2) is 5.69 Å². The Hall–Kier alpha value is -3.03. The molecule has 1 aromatic carbocycles. The van der Waals surface area contributed by atoms with E-state index in [4.69, 9.17) is 0 Å². The summed E-state index contributed by atoms with van der Waals surface area (Å²) in [6.07, 6.45) is 3.14. The molecule has 0 bridgehead atoms. The fourth-order valence-electron chi connectivity index (χ4n) is 3.74. The second-order valence-corrected chi connectivity index (χ2v) is 7.29. The van der Waals surface area contributed by atoms with Crippen LogP contribution in [0.4, 0.5) is 10.2 Å². The summed E-state index contributed by atoms with van der Waals surface area (Å²) in [5.74, 6) is 0.392. The molecule has 1 amide bonds. The summed E-state index contributed by atoms with van der Waals surface area (Å²) in [5.41, 5.74) is 2.16. The van der Waals surface area contributed by atoms with E-state index in [0.29, 0.717) is 11.1 Å². The number of carbonyl (C=O) groups is 1. The molecule has 1 saturated heterocycles. The van der Waals surface area contributed by atoms with E-state index >= 15 is 0 Å². The van der Waals surface area contributed by atoms with Crippen molar-refractivity contribution < 1.29 is 9.18 Å². The monoisotopic (exact) mass is 382 g/mol. The molecule has 0 spiro atoms. The van der Waals surface area contributed by atoms with Gasteiger partial charge in [0.05, 0.1) is 5.52 Å². The van der Waals surface area contributed by atoms with Crippen LogP contribution in [0.3, 0.4) is 0 Å². The molecule has 146 valence electrons. The summed E-state index contributed by atoms with van der Waals surface area (Å²) < 4.78 is 15.4. The molecule has 4 rings (SSSR count). The van der Waals surface area contributed by atoms with Crippen LogP contribution in [0, 0.1) is 12.7 Å². The molecule has 0 unspecified atom stereocenters. The van der Waals surface area contributed by atoms with Gasteiger partial charge in [-0.25, -0.2) is 14.4 Å². The van der Waals surface area contributed by atoms with E-state index in [-0.39, 0.29) is 17.8 Å². The number of anilines is 1. The van der Waals surface area contributed by atoms with Crippen molar-refractivity contribution in [3.8, 4) is 0 Å². The Kier molecular flexibility index (Phi) is 4.70. The summed E-state index contributed by atoms with van der Waals surface area (Å²) in [6, 6.07) is 6.51. The van der Waals surface area contributed by atoms with Crippen LogP contribution < -0.4 is 4.90 Å². The zero-order chi connectivity index (χ0) is 19.8. The molecular formula is C20H23FN6O. The van der Waals surface area contributed by atoms with E-state index in [9.17, 15) is 9.18 Å². The van der Waals surface area contributed by atoms with Crippen LogP contribution in [0.5, 0.6) is 0 Å². The first-order valence-electron chi connectivity index (χ1n) is 9.37. The number of hydrogen-bond donors (Lipinski definition) is 0. The molecule has 0 radical (unpaired) electrons. The Labute approximate surface area is 162 Å². The Balaban J connectivity index is 1.47. The largest absolute Gasteiger partial charge is 0.356 e. The third kappa shape index (κ3) is 3.30. The lowest BCUT2D eigenvalue weighted by atomic mass is 10.0. The summed E-state index contributed by atoms with van der Waals surface area (Å²) >= 11 is 0. The molecule has 0 atom stereocenters. The summed E-state index contributed by atoms with van der Waals surface area (Å²) in [6.45, 7) is 3.41. The number of fused-ring (bicyclic) bond motifs is 1. The normalized spacial score (nSPS) is 15.2. The van der Waals surface area contributed by atoms with E-state index in [0.717, 1.165) is 43.0 Å². The first-order chi connectivity index (χ1) is 13.4. The number of aryl methyl sites for hydroxylation is 2.